The molecule has 0 atom stereocenters. The number of phenols is 1. The third-order valence-corrected chi connectivity index (χ3v) is 2.92. The number of carbonyl (C=O) groups is 2. The molecule has 134 valence electrons. The van der Waals surface area contributed by atoms with Crippen LogP contribution in [0.4, 0.5) is 10.5 Å². The molecule has 6 nitrogen and oxygen atoms in total. The quantitative estimate of drug-likeness (QED) is 0.625. The van der Waals surface area contributed by atoms with Crippen LogP contribution in [0.2, 0.25) is 0 Å². The molecule has 1 rings (SSSR count). The zero-order chi connectivity index (χ0) is 18.5. The van der Waals surface area contributed by atoms with E-state index in [9.17, 15) is 14.7 Å². The molecule has 0 aliphatic heterocycles. The summed E-state index contributed by atoms with van der Waals surface area (Å²) >= 11 is 0. The van der Waals surface area contributed by atoms with Gasteiger partial charge in [-0.05, 0) is 44.7 Å². The molecule has 0 bridgehead atoms. The maximum absolute atomic E-state index is 12.0. The molecule has 1 amide bonds. The van der Waals surface area contributed by atoms with Crippen LogP contribution in [0.3, 0.4) is 0 Å². The Bertz CT molecular complexity index is 596. The summed E-state index contributed by atoms with van der Waals surface area (Å²) < 4.78 is 10.4. The minimum Gasteiger partial charge on any atom is -0.504 e. The van der Waals surface area contributed by atoms with Crippen molar-refractivity contribution in [2.75, 3.05) is 5.32 Å². The Morgan fingerprint density at radius 3 is 2.29 bits per heavy atom. The number of hydrogen-bond donors (Lipinski definition) is 2. The first-order valence-electron chi connectivity index (χ1n) is 7.90. The number of benzene rings is 1. The van der Waals surface area contributed by atoms with Crippen molar-refractivity contribution in [2.45, 2.75) is 60.0 Å². The maximum atomic E-state index is 12.0. The first kappa shape index (κ1) is 19.8. The number of hydrogen-bond acceptors (Lipinski definition) is 5. The van der Waals surface area contributed by atoms with Crippen molar-refractivity contribution in [3.8, 4) is 11.5 Å². The SMILES string of the molecule is CC(C)(C)CCC(=O)Oc1c(O)cccc1NC(=O)OC(C)(C)C. The smallest absolute Gasteiger partial charge is 0.412 e. The number of amides is 1. The van der Waals surface area contributed by atoms with Crippen LogP contribution in [0.1, 0.15) is 54.4 Å². The first-order chi connectivity index (χ1) is 10.9. The number of ether oxygens (including phenoxy) is 2. The van der Waals surface area contributed by atoms with Crippen LogP contribution in [0.15, 0.2) is 18.2 Å². The molecule has 24 heavy (non-hydrogen) atoms. The van der Waals surface area contributed by atoms with E-state index in [-0.39, 0.29) is 29.0 Å². The fraction of sp³-hybridized carbons (Fsp3) is 0.556. The van der Waals surface area contributed by atoms with Gasteiger partial charge in [0.15, 0.2) is 11.5 Å². The van der Waals surface area contributed by atoms with E-state index in [1.54, 1.807) is 20.8 Å². The number of anilines is 1. The third-order valence-electron chi connectivity index (χ3n) is 2.92. The van der Waals surface area contributed by atoms with Gasteiger partial charge in [0.25, 0.3) is 0 Å². The molecule has 0 saturated heterocycles. The van der Waals surface area contributed by atoms with Gasteiger partial charge in [0.05, 0.1) is 5.69 Å². The van der Waals surface area contributed by atoms with Gasteiger partial charge in [-0.25, -0.2) is 4.79 Å². The molecule has 0 unspecified atom stereocenters. The van der Waals surface area contributed by atoms with Crippen LogP contribution >= 0.6 is 0 Å². The Balaban J connectivity index is 2.84. The highest BCUT2D eigenvalue weighted by Crippen LogP contribution is 2.35. The number of phenolic OH excluding ortho intramolecular Hbond substituents is 1. The van der Waals surface area contributed by atoms with Gasteiger partial charge in [-0.3, -0.25) is 10.1 Å². The Hall–Kier alpha value is -2.24. The molecule has 0 fully saturated rings. The summed E-state index contributed by atoms with van der Waals surface area (Å²) in [4.78, 5) is 23.9. The van der Waals surface area contributed by atoms with E-state index in [0.29, 0.717) is 6.42 Å². The van der Waals surface area contributed by atoms with Crippen molar-refractivity contribution in [1.29, 1.82) is 0 Å². The van der Waals surface area contributed by atoms with Crippen molar-refractivity contribution in [2.24, 2.45) is 5.41 Å². The predicted molar refractivity (Wildman–Crippen MR) is 92.3 cm³/mol. The first-order valence-corrected chi connectivity index (χ1v) is 7.90. The largest absolute Gasteiger partial charge is 0.504 e. The molecular formula is C18H27NO5. The zero-order valence-electron chi connectivity index (χ0n) is 15.2. The molecule has 0 spiro atoms. The maximum Gasteiger partial charge on any atom is 0.412 e. The van der Waals surface area contributed by atoms with Crippen molar-refractivity contribution in [3.63, 3.8) is 0 Å². The van der Waals surface area contributed by atoms with E-state index in [4.69, 9.17) is 9.47 Å². The topological polar surface area (TPSA) is 84.9 Å². The Morgan fingerprint density at radius 2 is 1.75 bits per heavy atom. The number of esters is 1. The Morgan fingerprint density at radius 1 is 1.12 bits per heavy atom. The fourth-order valence-corrected chi connectivity index (χ4v) is 1.79. The highest BCUT2D eigenvalue weighted by Gasteiger charge is 2.21. The summed E-state index contributed by atoms with van der Waals surface area (Å²) in [5.74, 6) is -0.784. The molecule has 1 aromatic rings. The lowest BCUT2D eigenvalue weighted by Gasteiger charge is -2.20. The fourth-order valence-electron chi connectivity index (χ4n) is 1.79. The molecule has 0 aliphatic carbocycles. The van der Waals surface area contributed by atoms with Gasteiger partial charge < -0.3 is 14.6 Å². The molecule has 1 aromatic carbocycles. The molecule has 6 heteroatoms. The average molecular weight is 337 g/mol. The van der Waals surface area contributed by atoms with E-state index >= 15 is 0 Å². The average Bonchev–Trinajstić information content (AvgIpc) is 2.37. The van der Waals surface area contributed by atoms with Crippen LogP contribution in [0, 0.1) is 5.41 Å². The normalized spacial score (nSPS) is 11.8. The minimum atomic E-state index is -0.694. The van der Waals surface area contributed by atoms with Gasteiger partial charge in [0.2, 0.25) is 0 Å². The van der Waals surface area contributed by atoms with Crippen molar-refractivity contribution in [3.05, 3.63) is 18.2 Å². The molecule has 0 aliphatic rings. The van der Waals surface area contributed by atoms with Gasteiger partial charge in [0.1, 0.15) is 5.60 Å². The summed E-state index contributed by atoms with van der Waals surface area (Å²) in [6.45, 7) is 11.3. The minimum absolute atomic E-state index is 0.00462. The molecule has 0 aromatic heterocycles. The Labute approximate surface area is 143 Å². The van der Waals surface area contributed by atoms with Crippen LogP contribution in [0.25, 0.3) is 0 Å². The summed E-state index contributed by atoms with van der Waals surface area (Å²) in [5, 5.41) is 12.4. The van der Waals surface area contributed by atoms with Gasteiger partial charge in [-0.1, -0.05) is 26.8 Å². The van der Waals surface area contributed by atoms with Gasteiger partial charge in [-0.2, -0.15) is 0 Å². The van der Waals surface area contributed by atoms with E-state index in [2.05, 4.69) is 5.32 Å². The lowest BCUT2D eigenvalue weighted by Crippen LogP contribution is -2.27. The van der Waals surface area contributed by atoms with Crippen LogP contribution < -0.4 is 10.1 Å². The number of para-hydroxylation sites is 1. The van der Waals surface area contributed by atoms with Crippen LogP contribution in [0.5, 0.6) is 11.5 Å². The van der Waals surface area contributed by atoms with Crippen LogP contribution in [-0.2, 0) is 9.53 Å². The second kappa shape index (κ2) is 7.55. The number of rotatable bonds is 4. The second-order valence-corrected chi connectivity index (χ2v) is 7.82. The summed E-state index contributed by atoms with van der Waals surface area (Å²) in [6, 6.07) is 4.44. The molecule has 0 heterocycles. The summed E-state index contributed by atoms with van der Waals surface area (Å²) in [7, 11) is 0. The lowest BCUT2D eigenvalue weighted by atomic mass is 9.91. The molecule has 2 N–H and O–H groups in total. The standard InChI is InChI=1S/C18H27NO5/c1-17(2,3)11-10-14(21)23-15-12(8-7-9-13(15)20)19-16(22)24-18(4,5)6/h7-9,20H,10-11H2,1-6H3,(H,19,22). The van der Waals surface area contributed by atoms with Crippen molar-refractivity contribution >= 4 is 17.7 Å². The lowest BCUT2D eigenvalue weighted by molar-refractivity contribution is -0.135. The molecule has 0 saturated carbocycles. The molecular weight excluding hydrogens is 310 g/mol. The Kier molecular flexibility index (Phi) is 6.23. The van der Waals surface area contributed by atoms with E-state index < -0.39 is 17.7 Å². The number of carbonyl (C=O) groups excluding carboxylic acids is 2. The van der Waals surface area contributed by atoms with E-state index in [1.165, 1.54) is 18.2 Å². The van der Waals surface area contributed by atoms with Gasteiger partial charge >= 0.3 is 12.1 Å². The van der Waals surface area contributed by atoms with Crippen LogP contribution in [-0.4, -0.2) is 22.8 Å². The predicted octanol–water partition coefficient (Wildman–Crippen LogP) is 4.47. The van der Waals surface area contributed by atoms with Crippen molar-refractivity contribution < 1.29 is 24.2 Å². The number of aromatic hydroxyl groups is 1. The van der Waals surface area contributed by atoms with E-state index in [1.807, 2.05) is 20.8 Å². The van der Waals surface area contributed by atoms with E-state index in [0.717, 1.165) is 0 Å². The highest BCUT2D eigenvalue weighted by molar-refractivity contribution is 5.89. The van der Waals surface area contributed by atoms with Gasteiger partial charge in [0, 0.05) is 6.42 Å². The van der Waals surface area contributed by atoms with Gasteiger partial charge in [-0.15, -0.1) is 0 Å². The number of nitrogens with one attached hydrogen (secondary N) is 1. The highest BCUT2D eigenvalue weighted by atomic mass is 16.6. The summed E-state index contributed by atoms with van der Waals surface area (Å²) in [5.41, 5.74) is -0.492. The second-order valence-electron chi connectivity index (χ2n) is 7.82. The van der Waals surface area contributed by atoms with Crippen molar-refractivity contribution in [1.82, 2.24) is 0 Å². The summed E-state index contributed by atoms with van der Waals surface area (Å²) in [6.07, 6.45) is 0.165. The monoisotopic (exact) mass is 337 g/mol. The zero-order valence-corrected chi connectivity index (χ0v) is 15.2. The molecule has 0 radical (unpaired) electrons. The third kappa shape index (κ3) is 7.35.